The minimum absolute atomic E-state index is 0.0445. The first kappa shape index (κ1) is 16.3. The molecule has 3 heterocycles. The molecule has 1 aliphatic rings. The zero-order valence-electron chi connectivity index (χ0n) is 13.0. The predicted octanol–water partition coefficient (Wildman–Crippen LogP) is 1.21. The van der Waals surface area contributed by atoms with Crippen LogP contribution in [0, 0.1) is 10.1 Å². The van der Waals surface area contributed by atoms with Crippen LogP contribution < -0.4 is 10.9 Å². The van der Waals surface area contributed by atoms with Gasteiger partial charge in [-0.15, -0.1) is 0 Å². The van der Waals surface area contributed by atoms with Crippen molar-refractivity contribution in [1.82, 2.24) is 9.38 Å². The third kappa shape index (κ3) is 3.52. The molecule has 1 saturated heterocycles. The lowest BCUT2D eigenvalue weighted by Crippen LogP contribution is -2.23. The van der Waals surface area contributed by atoms with Gasteiger partial charge in [-0.2, -0.15) is 0 Å². The van der Waals surface area contributed by atoms with Crippen molar-refractivity contribution in [2.75, 3.05) is 31.7 Å². The van der Waals surface area contributed by atoms with Gasteiger partial charge < -0.3 is 14.8 Å². The van der Waals surface area contributed by atoms with Crippen LogP contribution in [-0.2, 0) is 9.47 Å². The SMILES string of the molecule is O=c1c([N+](=O)[O-])c(NCCOCC2CCCO2)nc2ccccn12. The summed E-state index contributed by atoms with van der Waals surface area (Å²) in [6, 6.07) is 4.94. The molecule has 0 aliphatic carbocycles. The fourth-order valence-corrected chi connectivity index (χ4v) is 2.60. The number of nitrogens with zero attached hydrogens (tertiary/aromatic N) is 3. The average Bonchev–Trinajstić information content (AvgIpc) is 3.07. The van der Waals surface area contributed by atoms with Crippen molar-refractivity contribution in [2.45, 2.75) is 18.9 Å². The van der Waals surface area contributed by atoms with Crippen molar-refractivity contribution in [3.8, 4) is 0 Å². The average molecular weight is 334 g/mol. The molecule has 9 nitrogen and oxygen atoms in total. The van der Waals surface area contributed by atoms with Gasteiger partial charge in [0.2, 0.25) is 5.82 Å². The molecule has 1 unspecified atom stereocenters. The Balaban J connectivity index is 1.67. The largest absolute Gasteiger partial charge is 0.377 e. The molecule has 128 valence electrons. The van der Waals surface area contributed by atoms with Gasteiger partial charge in [-0.1, -0.05) is 6.07 Å². The van der Waals surface area contributed by atoms with E-state index in [1.807, 2.05) is 0 Å². The highest BCUT2D eigenvalue weighted by molar-refractivity contribution is 5.59. The first-order valence-corrected chi connectivity index (χ1v) is 7.76. The number of nitro groups is 1. The molecule has 1 aliphatic heterocycles. The van der Waals surface area contributed by atoms with E-state index in [0.29, 0.717) is 25.4 Å². The summed E-state index contributed by atoms with van der Waals surface area (Å²) in [7, 11) is 0. The number of rotatable bonds is 7. The van der Waals surface area contributed by atoms with E-state index in [0.717, 1.165) is 23.8 Å². The Hall–Kier alpha value is -2.52. The molecule has 0 radical (unpaired) electrons. The second-order valence-electron chi connectivity index (χ2n) is 5.44. The molecule has 9 heteroatoms. The normalized spacial score (nSPS) is 17.2. The number of hydrogen-bond donors (Lipinski definition) is 1. The standard InChI is InChI=1S/C15H18N4O5/c20-15-13(19(21)22)14(17-12-5-1-2-7-18(12)15)16-6-9-23-10-11-4-3-8-24-11/h1-2,5,7,11,16H,3-4,6,8-10H2. The molecule has 0 bridgehead atoms. The van der Waals surface area contributed by atoms with E-state index in [4.69, 9.17) is 9.47 Å². The maximum Gasteiger partial charge on any atom is 0.376 e. The van der Waals surface area contributed by atoms with Gasteiger partial charge in [0.05, 0.1) is 24.2 Å². The summed E-state index contributed by atoms with van der Waals surface area (Å²) in [6.07, 6.45) is 3.61. The predicted molar refractivity (Wildman–Crippen MR) is 86.4 cm³/mol. The fraction of sp³-hybridized carbons (Fsp3) is 0.467. The Labute approximate surface area is 137 Å². The summed E-state index contributed by atoms with van der Waals surface area (Å²) in [5.74, 6) is -0.0445. The minimum atomic E-state index is -0.718. The number of ether oxygens (including phenoxy) is 2. The Morgan fingerprint density at radius 1 is 1.50 bits per heavy atom. The molecular formula is C15H18N4O5. The number of aromatic nitrogens is 2. The maximum absolute atomic E-state index is 12.2. The van der Waals surface area contributed by atoms with Crippen molar-refractivity contribution in [2.24, 2.45) is 0 Å². The number of anilines is 1. The van der Waals surface area contributed by atoms with Gasteiger partial charge >= 0.3 is 11.2 Å². The zero-order valence-corrected chi connectivity index (χ0v) is 13.0. The lowest BCUT2D eigenvalue weighted by molar-refractivity contribution is -0.385. The second kappa shape index (κ2) is 7.37. The second-order valence-corrected chi connectivity index (χ2v) is 5.44. The van der Waals surface area contributed by atoms with E-state index in [-0.39, 0.29) is 11.9 Å². The maximum atomic E-state index is 12.2. The third-order valence-electron chi connectivity index (χ3n) is 3.76. The fourth-order valence-electron chi connectivity index (χ4n) is 2.60. The van der Waals surface area contributed by atoms with Crippen LogP contribution in [-0.4, -0.2) is 46.8 Å². The van der Waals surface area contributed by atoms with Crippen LogP contribution in [0.4, 0.5) is 11.5 Å². The molecule has 0 aromatic carbocycles. The Kier molecular flexibility index (Phi) is 5.02. The summed E-state index contributed by atoms with van der Waals surface area (Å²) in [5.41, 5.74) is -0.943. The van der Waals surface area contributed by atoms with Crippen molar-refractivity contribution >= 4 is 17.2 Å². The van der Waals surface area contributed by atoms with E-state index in [9.17, 15) is 14.9 Å². The number of fused-ring (bicyclic) bond motifs is 1. The van der Waals surface area contributed by atoms with Crippen LogP contribution >= 0.6 is 0 Å². The van der Waals surface area contributed by atoms with Crippen molar-refractivity contribution < 1.29 is 14.4 Å². The number of nitrogens with one attached hydrogen (secondary N) is 1. The summed E-state index contributed by atoms with van der Waals surface area (Å²) < 4.78 is 12.1. The van der Waals surface area contributed by atoms with E-state index in [1.165, 1.54) is 6.20 Å². The van der Waals surface area contributed by atoms with E-state index >= 15 is 0 Å². The molecule has 1 atom stereocenters. The summed E-state index contributed by atoms with van der Waals surface area (Å²) >= 11 is 0. The Morgan fingerprint density at radius 2 is 2.38 bits per heavy atom. The van der Waals surface area contributed by atoms with Gasteiger partial charge in [0.1, 0.15) is 5.65 Å². The Bertz CT molecular complexity index is 785. The lowest BCUT2D eigenvalue weighted by Gasteiger charge is -2.11. The van der Waals surface area contributed by atoms with Gasteiger partial charge in [0.15, 0.2) is 0 Å². The summed E-state index contributed by atoms with van der Waals surface area (Å²) in [6.45, 7) is 1.91. The molecule has 0 spiro atoms. The molecule has 0 saturated carbocycles. The highest BCUT2D eigenvalue weighted by Crippen LogP contribution is 2.17. The van der Waals surface area contributed by atoms with Crippen LogP contribution in [0.15, 0.2) is 29.2 Å². The molecule has 1 fully saturated rings. The van der Waals surface area contributed by atoms with Crippen LogP contribution in [0.25, 0.3) is 5.65 Å². The van der Waals surface area contributed by atoms with Gasteiger partial charge in [-0.3, -0.25) is 19.3 Å². The quantitative estimate of drug-likeness (QED) is 0.460. The number of hydrogen-bond acceptors (Lipinski definition) is 7. The van der Waals surface area contributed by atoms with Crippen molar-refractivity contribution in [3.63, 3.8) is 0 Å². The minimum Gasteiger partial charge on any atom is -0.377 e. The Morgan fingerprint density at radius 3 is 3.12 bits per heavy atom. The molecule has 24 heavy (non-hydrogen) atoms. The first-order valence-electron chi connectivity index (χ1n) is 7.76. The monoisotopic (exact) mass is 334 g/mol. The van der Waals surface area contributed by atoms with E-state index in [1.54, 1.807) is 18.2 Å². The van der Waals surface area contributed by atoms with Crippen LogP contribution in [0.1, 0.15) is 12.8 Å². The van der Waals surface area contributed by atoms with Crippen molar-refractivity contribution in [1.29, 1.82) is 0 Å². The molecule has 2 aromatic rings. The van der Waals surface area contributed by atoms with Gasteiger partial charge in [-0.05, 0) is 25.0 Å². The van der Waals surface area contributed by atoms with E-state index < -0.39 is 16.2 Å². The van der Waals surface area contributed by atoms with Crippen LogP contribution in [0.3, 0.4) is 0 Å². The molecular weight excluding hydrogens is 316 g/mol. The van der Waals surface area contributed by atoms with Crippen LogP contribution in [0.2, 0.25) is 0 Å². The van der Waals surface area contributed by atoms with E-state index in [2.05, 4.69) is 10.3 Å². The topological polar surface area (TPSA) is 108 Å². The lowest BCUT2D eigenvalue weighted by atomic mass is 10.2. The third-order valence-corrected chi connectivity index (χ3v) is 3.76. The van der Waals surface area contributed by atoms with Crippen molar-refractivity contribution in [3.05, 3.63) is 44.9 Å². The molecule has 2 aromatic heterocycles. The highest BCUT2D eigenvalue weighted by Gasteiger charge is 2.23. The number of pyridine rings is 1. The molecule has 0 amide bonds. The first-order chi connectivity index (χ1) is 11.7. The van der Waals surface area contributed by atoms with Gasteiger partial charge in [0, 0.05) is 19.3 Å². The van der Waals surface area contributed by atoms with Crippen LogP contribution in [0.5, 0.6) is 0 Å². The van der Waals surface area contributed by atoms with Gasteiger partial charge in [0.25, 0.3) is 0 Å². The highest BCUT2D eigenvalue weighted by atomic mass is 16.6. The molecule has 3 rings (SSSR count). The van der Waals surface area contributed by atoms with Gasteiger partial charge in [-0.25, -0.2) is 4.98 Å². The summed E-state index contributed by atoms with van der Waals surface area (Å²) in [5, 5.41) is 14.0. The molecule has 1 N–H and O–H groups in total. The zero-order chi connectivity index (χ0) is 16.9. The smallest absolute Gasteiger partial charge is 0.376 e. The summed E-state index contributed by atoms with van der Waals surface area (Å²) in [4.78, 5) is 26.9.